The molecule has 100 valence electrons. The number of hydrogen-bond donors (Lipinski definition) is 0. The molecule has 1 aliphatic carbocycles. The Kier molecular flexibility index (Phi) is 5.03. The van der Waals surface area contributed by atoms with Crippen LogP contribution in [0, 0.1) is 23.2 Å². The van der Waals surface area contributed by atoms with Crippen LogP contribution < -0.4 is 4.74 Å². The maximum absolute atomic E-state index is 8.70. The molecule has 0 heterocycles. The number of ether oxygens (including phenoxy) is 1. The summed E-state index contributed by atoms with van der Waals surface area (Å²) in [5.74, 6) is 2.46. The van der Waals surface area contributed by atoms with Crippen molar-refractivity contribution in [3.8, 4) is 11.8 Å². The number of rotatable bonds is 4. The standard InChI is InChI=1S/C17H21NO/c1-14-4-6-15(7-5-14)3-2-12-19-17-10-8-16(13-18)9-11-17/h2-3,8-11,14-15H,4-7,12H2,1H3/b3-2+/t14-,15-. The Morgan fingerprint density at radius 3 is 2.53 bits per heavy atom. The van der Waals surface area contributed by atoms with Crippen molar-refractivity contribution in [3.05, 3.63) is 42.0 Å². The lowest BCUT2D eigenvalue weighted by atomic mass is 9.83. The molecule has 0 aliphatic heterocycles. The first-order chi connectivity index (χ1) is 9.28. The van der Waals surface area contributed by atoms with Crippen LogP contribution in [0.15, 0.2) is 36.4 Å². The summed E-state index contributed by atoms with van der Waals surface area (Å²) < 4.78 is 5.62. The van der Waals surface area contributed by atoms with E-state index in [4.69, 9.17) is 10.00 Å². The van der Waals surface area contributed by atoms with Gasteiger partial charge < -0.3 is 4.74 Å². The second-order valence-corrected chi connectivity index (χ2v) is 5.40. The second-order valence-electron chi connectivity index (χ2n) is 5.40. The largest absolute Gasteiger partial charge is 0.490 e. The first-order valence-corrected chi connectivity index (χ1v) is 7.07. The quantitative estimate of drug-likeness (QED) is 0.751. The second kappa shape index (κ2) is 6.99. The fourth-order valence-corrected chi connectivity index (χ4v) is 2.50. The Balaban J connectivity index is 1.72. The van der Waals surface area contributed by atoms with E-state index in [0.717, 1.165) is 17.6 Å². The maximum atomic E-state index is 8.70. The van der Waals surface area contributed by atoms with Gasteiger partial charge in [0.15, 0.2) is 0 Å². The molecular weight excluding hydrogens is 234 g/mol. The molecule has 1 aromatic carbocycles. The highest BCUT2D eigenvalue weighted by atomic mass is 16.5. The zero-order valence-corrected chi connectivity index (χ0v) is 11.5. The zero-order valence-electron chi connectivity index (χ0n) is 11.5. The molecule has 2 rings (SSSR count). The summed E-state index contributed by atoms with van der Waals surface area (Å²) in [6.45, 7) is 2.95. The number of hydrogen-bond acceptors (Lipinski definition) is 2. The monoisotopic (exact) mass is 255 g/mol. The predicted molar refractivity (Wildman–Crippen MR) is 76.9 cm³/mol. The molecule has 0 saturated heterocycles. The summed E-state index contributed by atoms with van der Waals surface area (Å²) in [5, 5.41) is 8.70. The van der Waals surface area contributed by atoms with Crippen molar-refractivity contribution >= 4 is 0 Å². The van der Waals surface area contributed by atoms with Crippen molar-refractivity contribution < 1.29 is 4.74 Å². The molecule has 0 radical (unpaired) electrons. The van der Waals surface area contributed by atoms with Gasteiger partial charge in [0.1, 0.15) is 12.4 Å². The highest BCUT2D eigenvalue weighted by Crippen LogP contribution is 2.28. The Morgan fingerprint density at radius 1 is 1.21 bits per heavy atom. The van der Waals surface area contributed by atoms with Gasteiger partial charge in [-0.1, -0.05) is 31.9 Å². The van der Waals surface area contributed by atoms with E-state index in [2.05, 4.69) is 25.1 Å². The van der Waals surface area contributed by atoms with E-state index < -0.39 is 0 Å². The molecule has 0 amide bonds. The molecule has 1 aromatic rings. The van der Waals surface area contributed by atoms with Crippen molar-refractivity contribution in [2.24, 2.45) is 11.8 Å². The van der Waals surface area contributed by atoms with Gasteiger partial charge in [0.05, 0.1) is 11.6 Å². The van der Waals surface area contributed by atoms with Gasteiger partial charge in [0.25, 0.3) is 0 Å². The van der Waals surface area contributed by atoms with Gasteiger partial charge >= 0.3 is 0 Å². The number of benzene rings is 1. The fourth-order valence-electron chi connectivity index (χ4n) is 2.50. The molecule has 0 atom stereocenters. The van der Waals surface area contributed by atoms with Gasteiger partial charge in [0, 0.05) is 0 Å². The summed E-state index contributed by atoms with van der Waals surface area (Å²) in [6.07, 6.45) is 9.76. The van der Waals surface area contributed by atoms with E-state index in [-0.39, 0.29) is 0 Å². The van der Waals surface area contributed by atoms with Crippen LogP contribution in [-0.2, 0) is 0 Å². The van der Waals surface area contributed by atoms with Gasteiger partial charge in [-0.15, -0.1) is 0 Å². The van der Waals surface area contributed by atoms with Crippen LogP contribution in [0.3, 0.4) is 0 Å². The van der Waals surface area contributed by atoms with E-state index in [1.807, 2.05) is 12.1 Å². The molecule has 2 nitrogen and oxygen atoms in total. The molecule has 0 N–H and O–H groups in total. The average Bonchev–Trinajstić information content (AvgIpc) is 2.46. The van der Waals surface area contributed by atoms with Gasteiger partial charge in [-0.3, -0.25) is 0 Å². The van der Waals surface area contributed by atoms with Crippen molar-refractivity contribution in [2.45, 2.75) is 32.6 Å². The van der Waals surface area contributed by atoms with Gasteiger partial charge in [-0.2, -0.15) is 5.26 Å². The minimum absolute atomic E-state index is 0.609. The molecule has 1 aliphatic rings. The lowest BCUT2D eigenvalue weighted by molar-refractivity contribution is 0.326. The van der Waals surface area contributed by atoms with Crippen LogP contribution in [-0.4, -0.2) is 6.61 Å². The third kappa shape index (κ3) is 4.44. The van der Waals surface area contributed by atoms with Gasteiger partial charge in [0.2, 0.25) is 0 Å². The van der Waals surface area contributed by atoms with Crippen LogP contribution in [0.4, 0.5) is 0 Å². The predicted octanol–water partition coefficient (Wildman–Crippen LogP) is 4.32. The Morgan fingerprint density at radius 2 is 1.89 bits per heavy atom. The molecule has 1 saturated carbocycles. The van der Waals surface area contributed by atoms with E-state index in [9.17, 15) is 0 Å². The maximum Gasteiger partial charge on any atom is 0.119 e. The third-order valence-electron chi connectivity index (χ3n) is 3.80. The molecule has 0 aromatic heterocycles. The number of nitriles is 1. The Labute approximate surface area is 115 Å². The first-order valence-electron chi connectivity index (χ1n) is 7.07. The summed E-state index contributed by atoms with van der Waals surface area (Å²) >= 11 is 0. The van der Waals surface area contributed by atoms with Gasteiger partial charge in [-0.05, 0) is 48.9 Å². The van der Waals surface area contributed by atoms with Crippen LogP contribution in [0.1, 0.15) is 38.2 Å². The summed E-state index contributed by atoms with van der Waals surface area (Å²) in [5.41, 5.74) is 0.666. The van der Waals surface area contributed by atoms with E-state index in [1.54, 1.807) is 12.1 Å². The van der Waals surface area contributed by atoms with E-state index in [1.165, 1.54) is 25.7 Å². The first kappa shape index (κ1) is 13.7. The topological polar surface area (TPSA) is 33.0 Å². The lowest BCUT2D eigenvalue weighted by Crippen LogP contribution is -2.10. The van der Waals surface area contributed by atoms with Crippen LogP contribution in [0.5, 0.6) is 5.75 Å². The molecular formula is C17H21NO. The molecule has 0 spiro atoms. The SMILES string of the molecule is C[C@H]1CC[C@H](/C=C/COc2ccc(C#N)cc2)CC1. The minimum atomic E-state index is 0.609. The Hall–Kier alpha value is -1.75. The van der Waals surface area contributed by atoms with Crippen molar-refractivity contribution in [1.29, 1.82) is 5.26 Å². The zero-order chi connectivity index (χ0) is 13.5. The van der Waals surface area contributed by atoms with Crippen LogP contribution >= 0.6 is 0 Å². The molecule has 0 unspecified atom stereocenters. The molecule has 2 heteroatoms. The van der Waals surface area contributed by atoms with Crippen molar-refractivity contribution in [1.82, 2.24) is 0 Å². The van der Waals surface area contributed by atoms with Gasteiger partial charge in [-0.25, -0.2) is 0 Å². The molecule has 0 bridgehead atoms. The minimum Gasteiger partial charge on any atom is -0.490 e. The summed E-state index contributed by atoms with van der Waals surface area (Å²) in [6, 6.07) is 9.34. The number of nitrogens with zero attached hydrogens (tertiary/aromatic N) is 1. The van der Waals surface area contributed by atoms with Crippen molar-refractivity contribution in [2.75, 3.05) is 6.61 Å². The van der Waals surface area contributed by atoms with E-state index >= 15 is 0 Å². The Bertz CT molecular complexity index is 447. The summed E-state index contributed by atoms with van der Waals surface area (Å²) in [7, 11) is 0. The highest BCUT2D eigenvalue weighted by Gasteiger charge is 2.15. The fraction of sp³-hybridized carbons (Fsp3) is 0.471. The highest BCUT2D eigenvalue weighted by molar-refractivity contribution is 5.34. The van der Waals surface area contributed by atoms with Crippen molar-refractivity contribution in [3.63, 3.8) is 0 Å². The molecule has 1 fully saturated rings. The average molecular weight is 255 g/mol. The number of allylic oxidation sites excluding steroid dienone is 1. The smallest absolute Gasteiger partial charge is 0.119 e. The van der Waals surface area contributed by atoms with Crippen LogP contribution in [0.2, 0.25) is 0 Å². The third-order valence-corrected chi connectivity index (χ3v) is 3.80. The molecule has 19 heavy (non-hydrogen) atoms. The normalized spacial score (nSPS) is 23.2. The lowest BCUT2D eigenvalue weighted by Gasteiger charge is -2.23. The van der Waals surface area contributed by atoms with Crippen LogP contribution in [0.25, 0.3) is 0 Å². The summed E-state index contributed by atoms with van der Waals surface area (Å²) in [4.78, 5) is 0. The van der Waals surface area contributed by atoms with E-state index in [0.29, 0.717) is 12.2 Å².